The van der Waals surface area contributed by atoms with Gasteiger partial charge >= 0.3 is 0 Å². The van der Waals surface area contributed by atoms with Crippen LogP contribution in [0.25, 0.3) is 0 Å². The van der Waals surface area contributed by atoms with Crippen LogP contribution in [-0.4, -0.2) is 28.1 Å². The molecular formula is C17H21N3O3. The Morgan fingerprint density at radius 1 is 1.22 bits per heavy atom. The number of nitrogens with zero attached hydrogens (tertiary/aromatic N) is 2. The average molecular weight is 315 g/mol. The molecule has 0 fully saturated rings. The lowest BCUT2D eigenvalue weighted by atomic mass is 10.1. The van der Waals surface area contributed by atoms with E-state index < -0.39 is 0 Å². The highest BCUT2D eigenvalue weighted by atomic mass is 16.5. The van der Waals surface area contributed by atoms with E-state index in [1.807, 2.05) is 13.8 Å². The number of benzene rings is 1. The summed E-state index contributed by atoms with van der Waals surface area (Å²) < 4.78 is 6.93. The third-order valence-corrected chi connectivity index (χ3v) is 3.34. The second kappa shape index (κ2) is 7.58. The van der Waals surface area contributed by atoms with E-state index in [9.17, 15) is 9.59 Å². The molecule has 1 aromatic heterocycles. The lowest BCUT2D eigenvalue weighted by Crippen LogP contribution is -2.15. The molecule has 6 nitrogen and oxygen atoms in total. The van der Waals surface area contributed by atoms with E-state index in [0.717, 1.165) is 11.4 Å². The van der Waals surface area contributed by atoms with Crippen molar-refractivity contribution in [3.63, 3.8) is 0 Å². The Balaban J connectivity index is 1.86. The van der Waals surface area contributed by atoms with E-state index in [2.05, 4.69) is 10.4 Å². The minimum atomic E-state index is -0.202. The molecule has 122 valence electrons. The van der Waals surface area contributed by atoms with Gasteiger partial charge in [0.15, 0.2) is 5.78 Å². The highest BCUT2D eigenvalue weighted by molar-refractivity contribution is 5.99. The van der Waals surface area contributed by atoms with Crippen LogP contribution in [0.15, 0.2) is 30.3 Å². The maximum absolute atomic E-state index is 12.1. The zero-order chi connectivity index (χ0) is 16.8. The third kappa shape index (κ3) is 4.67. The first-order chi connectivity index (χ1) is 11.0. The van der Waals surface area contributed by atoms with Crippen LogP contribution in [-0.2, 0) is 11.8 Å². The summed E-state index contributed by atoms with van der Waals surface area (Å²) in [7, 11) is 1.76. The summed E-state index contributed by atoms with van der Waals surface area (Å²) in [5.41, 5.74) is 1.41. The maximum atomic E-state index is 12.1. The molecule has 0 atom stereocenters. The first-order valence-corrected chi connectivity index (χ1v) is 7.56. The van der Waals surface area contributed by atoms with Gasteiger partial charge in [0.05, 0.1) is 12.3 Å². The molecule has 0 unspecified atom stereocenters. The molecule has 0 saturated carbocycles. The number of amides is 1. The van der Waals surface area contributed by atoms with Gasteiger partial charge in [0, 0.05) is 31.5 Å². The summed E-state index contributed by atoms with van der Waals surface area (Å²) in [6.45, 7) is 4.34. The van der Waals surface area contributed by atoms with Gasteiger partial charge in [0.25, 0.3) is 0 Å². The van der Waals surface area contributed by atoms with Crippen LogP contribution < -0.4 is 10.1 Å². The van der Waals surface area contributed by atoms with Gasteiger partial charge in [-0.25, -0.2) is 0 Å². The van der Waals surface area contributed by atoms with Gasteiger partial charge < -0.3 is 10.1 Å². The number of aromatic nitrogens is 2. The predicted molar refractivity (Wildman–Crippen MR) is 87.8 cm³/mol. The van der Waals surface area contributed by atoms with Crippen LogP contribution in [0.3, 0.4) is 0 Å². The second-order valence-electron chi connectivity index (χ2n) is 5.22. The molecule has 0 aliphatic rings. The van der Waals surface area contributed by atoms with Crippen molar-refractivity contribution in [2.45, 2.75) is 26.7 Å². The Bertz CT molecular complexity index is 690. The van der Waals surface area contributed by atoms with E-state index in [0.29, 0.717) is 18.0 Å². The fourth-order valence-electron chi connectivity index (χ4n) is 2.21. The summed E-state index contributed by atoms with van der Waals surface area (Å²) in [5, 5.41) is 6.91. The van der Waals surface area contributed by atoms with Gasteiger partial charge in [0.2, 0.25) is 5.91 Å². The monoisotopic (exact) mass is 315 g/mol. The lowest BCUT2D eigenvalue weighted by Gasteiger charge is -2.06. The van der Waals surface area contributed by atoms with E-state index in [1.54, 1.807) is 42.1 Å². The fourth-order valence-corrected chi connectivity index (χ4v) is 2.21. The van der Waals surface area contributed by atoms with Crippen molar-refractivity contribution in [1.29, 1.82) is 0 Å². The Hall–Kier alpha value is -2.63. The summed E-state index contributed by atoms with van der Waals surface area (Å²) >= 11 is 0. The molecule has 0 spiro atoms. The number of hydrogen-bond acceptors (Lipinski definition) is 4. The number of carbonyl (C=O) groups excluding carboxylic acids is 2. The van der Waals surface area contributed by atoms with E-state index in [1.165, 1.54) is 0 Å². The first-order valence-electron chi connectivity index (χ1n) is 7.56. The Morgan fingerprint density at radius 2 is 1.91 bits per heavy atom. The number of anilines is 1. The molecule has 0 bridgehead atoms. The van der Waals surface area contributed by atoms with Gasteiger partial charge in [0.1, 0.15) is 11.6 Å². The van der Waals surface area contributed by atoms with Crippen LogP contribution in [0.5, 0.6) is 5.75 Å². The Labute approximate surface area is 135 Å². The van der Waals surface area contributed by atoms with Crippen molar-refractivity contribution < 1.29 is 14.3 Å². The van der Waals surface area contributed by atoms with Gasteiger partial charge in [-0.05, 0) is 38.1 Å². The van der Waals surface area contributed by atoms with Crippen LogP contribution in [0.2, 0.25) is 0 Å². The highest BCUT2D eigenvalue weighted by Crippen LogP contribution is 2.14. The first kappa shape index (κ1) is 16.7. The number of rotatable bonds is 7. The summed E-state index contributed by atoms with van der Waals surface area (Å²) in [5.74, 6) is 1.09. The van der Waals surface area contributed by atoms with E-state index in [4.69, 9.17) is 4.74 Å². The van der Waals surface area contributed by atoms with Gasteiger partial charge in [-0.1, -0.05) is 0 Å². The number of Topliss-reactive ketones (excluding diaryl/α,β-unsaturated/α-hetero) is 1. The Kier molecular flexibility index (Phi) is 5.51. The molecule has 1 aromatic carbocycles. The molecule has 1 heterocycles. The van der Waals surface area contributed by atoms with Crippen molar-refractivity contribution in [3.05, 3.63) is 41.6 Å². The SMILES string of the molecule is CCOc1ccc(C(=O)CCC(=O)Nc2cc(C)nn2C)cc1. The standard InChI is InChI=1S/C17H21N3O3/c1-4-23-14-7-5-13(6-8-14)15(21)9-10-17(22)18-16-11-12(2)19-20(16)3/h5-8,11H,4,9-10H2,1-3H3,(H,18,22). The molecule has 0 aliphatic heterocycles. The topological polar surface area (TPSA) is 73.2 Å². The lowest BCUT2D eigenvalue weighted by molar-refractivity contribution is -0.116. The highest BCUT2D eigenvalue weighted by Gasteiger charge is 2.11. The van der Waals surface area contributed by atoms with E-state index in [-0.39, 0.29) is 24.5 Å². The van der Waals surface area contributed by atoms with Crippen molar-refractivity contribution >= 4 is 17.5 Å². The van der Waals surface area contributed by atoms with Crippen molar-refractivity contribution in [2.75, 3.05) is 11.9 Å². The number of aryl methyl sites for hydroxylation is 2. The summed E-state index contributed by atoms with van der Waals surface area (Å²) in [4.78, 5) is 24.0. The normalized spacial score (nSPS) is 10.4. The quantitative estimate of drug-likeness (QED) is 0.797. The van der Waals surface area contributed by atoms with E-state index >= 15 is 0 Å². The maximum Gasteiger partial charge on any atom is 0.225 e. The zero-order valence-electron chi connectivity index (χ0n) is 13.6. The molecule has 23 heavy (non-hydrogen) atoms. The minimum absolute atomic E-state index is 0.0654. The largest absolute Gasteiger partial charge is 0.494 e. The Morgan fingerprint density at radius 3 is 2.48 bits per heavy atom. The number of hydrogen-bond donors (Lipinski definition) is 1. The molecular weight excluding hydrogens is 294 g/mol. The summed E-state index contributed by atoms with van der Waals surface area (Å²) in [6.07, 6.45) is 0.299. The predicted octanol–water partition coefficient (Wildman–Crippen LogP) is 2.73. The van der Waals surface area contributed by atoms with Crippen molar-refractivity contribution in [1.82, 2.24) is 9.78 Å². The minimum Gasteiger partial charge on any atom is -0.494 e. The van der Waals surface area contributed by atoms with Gasteiger partial charge in [-0.3, -0.25) is 14.3 Å². The van der Waals surface area contributed by atoms with Crippen molar-refractivity contribution in [3.8, 4) is 5.75 Å². The smallest absolute Gasteiger partial charge is 0.225 e. The average Bonchev–Trinajstić information content (AvgIpc) is 2.83. The third-order valence-electron chi connectivity index (χ3n) is 3.34. The molecule has 0 radical (unpaired) electrons. The van der Waals surface area contributed by atoms with Crippen LogP contribution in [0.4, 0.5) is 5.82 Å². The van der Waals surface area contributed by atoms with Crippen molar-refractivity contribution in [2.24, 2.45) is 7.05 Å². The number of ketones is 1. The molecule has 0 aliphatic carbocycles. The summed E-state index contributed by atoms with van der Waals surface area (Å²) in [6, 6.07) is 8.74. The number of carbonyl (C=O) groups is 2. The molecule has 2 rings (SSSR count). The molecule has 1 amide bonds. The van der Waals surface area contributed by atoms with Crippen LogP contribution in [0.1, 0.15) is 35.8 Å². The number of ether oxygens (including phenoxy) is 1. The molecule has 1 N–H and O–H groups in total. The van der Waals surface area contributed by atoms with Crippen LogP contribution in [0, 0.1) is 6.92 Å². The number of nitrogens with one attached hydrogen (secondary N) is 1. The van der Waals surface area contributed by atoms with Gasteiger partial charge in [-0.15, -0.1) is 0 Å². The van der Waals surface area contributed by atoms with Gasteiger partial charge in [-0.2, -0.15) is 5.10 Å². The molecule has 2 aromatic rings. The second-order valence-corrected chi connectivity index (χ2v) is 5.22. The fraction of sp³-hybridized carbons (Fsp3) is 0.353. The van der Waals surface area contributed by atoms with Crippen LogP contribution >= 0.6 is 0 Å². The molecule has 0 saturated heterocycles. The zero-order valence-corrected chi connectivity index (χ0v) is 13.6. The molecule has 6 heteroatoms.